The fourth-order valence-corrected chi connectivity index (χ4v) is 2.67. The van der Waals surface area contributed by atoms with E-state index in [0.717, 1.165) is 57.4 Å². The standard InChI is InChI=1S/C20H33N3O2/c1-3-21-19(23-17-20(11-12-20)13-16-24-4-2)22-14-8-15-25-18-9-6-5-7-10-18/h5-7,9-10H,3-4,8,11-17H2,1-2H3,(H2,21,22,23). The predicted molar refractivity (Wildman–Crippen MR) is 103 cm³/mol. The largest absolute Gasteiger partial charge is 0.494 e. The van der Waals surface area contributed by atoms with E-state index in [-0.39, 0.29) is 0 Å². The fraction of sp³-hybridized carbons (Fsp3) is 0.650. The molecule has 5 heteroatoms. The van der Waals surface area contributed by atoms with Crippen molar-refractivity contribution in [2.45, 2.75) is 39.5 Å². The first-order valence-electron chi connectivity index (χ1n) is 9.56. The van der Waals surface area contributed by atoms with Crippen molar-refractivity contribution < 1.29 is 9.47 Å². The van der Waals surface area contributed by atoms with E-state index < -0.39 is 0 Å². The van der Waals surface area contributed by atoms with Gasteiger partial charge in [0.25, 0.3) is 0 Å². The van der Waals surface area contributed by atoms with Crippen LogP contribution in [0.4, 0.5) is 0 Å². The lowest BCUT2D eigenvalue weighted by atomic mass is 10.0. The third-order valence-electron chi connectivity index (χ3n) is 4.48. The Morgan fingerprint density at radius 1 is 1.12 bits per heavy atom. The highest BCUT2D eigenvalue weighted by atomic mass is 16.5. The monoisotopic (exact) mass is 347 g/mol. The number of rotatable bonds is 12. The van der Waals surface area contributed by atoms with Gasteiger partial charge in [-0.15, -0.1) is 0 Å². The highest BCUT2D eigenvalue weighted by Crippen LogP contribution is 2.48. The van der Waals surface area contributed by atoms with E-state index in [1.54, 1.807) is 0 Å². The molecule has 25 heavy (non-hydrogen) atoms. The number of nitrogens with zero attached hydrogens (tertiary/aromatic N) is 1. The van der Waals surface area contributed by atoms with Gasteiger partial charge in [0.2, 0.25) is 0 Å². The van der Waals surface area contributed by atoms with Crippen LogP contribution in [-0.4, -0.2) is 45.4 Å². The first-order chi connectivity index (χ1) is 12.3. The average molecular weight is 348 g/mol. The van der Waals surface area contributed by atoms with E-state index in [4.69, 9.17) is 14.5 Å². The van der Waals surface area contributed by atoms with E-state index in [0.29, 0.717) is 12.0 Å². The summed E-state index contributed by atoms with van der Waals surface area (Å²) in [5.74, 6) is 1.83. The second-order valence-corrected chi connectivity index (χ2v) is 6.58. The SMILES string of the molecule is CCNC(=NCC1(CCOCC)CC1)NCCCOc1ccccc1. The van der Waals surface area contributed by atoms with Crippen molar-refractivity contribution >= 4 is 5.96 Å². The van der Waals surface area contributed by atoms with Gasteiger partial charge >= 0.3 is 0 Å². The molecule has 1 aliphatic carbocycles. The zero-order valence-electron chi connectivity index (χ0n) is 15.7. The van der Waals surface area contributed by atoms with E-state index in [2.05, 4.69) is 17.6 Å². The second kappa shape index (κ2) is 11.0. The number of guanidine groups is 1. The van der Waals surface area contributed by atoms with Gasteiger partial charge in [-0.3, -0.25) is 4.99 Å². The van der Waals surface area contributed by atoms with Crippen LogP contribution in [0.1, 0.15) is 39.5 Å². The molecule has 140 valence electrons. The van der Waals surface area contributed by atoms with Gasteiger partial charge in [-0.05, 0) is 57.1 Å². The lowest BCUT2D eigenvalue weighted by Gasteiger charge is -2.15. The van der Waals surface area contributed by atoms with Gasteiger partial charge in [0, 0.05) is 32.8 Å². The molecule has 0 atom stereocenters. The van der Waals surface area contributed by atoms with Crippen molar-refractivity contribution in [1.82, 2.24) is 10.6 Å². The predicted octanol–water partition coefficient (Wildman–Crippen LogP) is 3.22. The molecular formula is C20H33N3O2. The Labute approximate surface area is 152 Å². The van der Waals surface area contributed by atoms with Crippen LogP contribution < -0.4 is 15.4 Å². The molecule has 1 saturated carbocycles. The third-order valence-corrected chi connectivity index (χ3v) is 4.48. The minimum absolute atomic E-state index is 0.383. The maximum absolute atomic E-state index is 5.71. The van der Waals surface area contributed by atoms with Gasteiger partial charge < -0.3 is 20.1 Å². The number of aliphatic imine (C=N–C) groups is 1. The number of para-hydroxylation sites is 1. The van der Waals surface area contributed by atoms with Crippen molar-refractivity contribution in [3.8, 4) is 5.75 Å². The van der Waals surface area contributed by atoms with Crippen LogP contribution >= 0.6 is 0 Å². The van der Waals surface area contributed by atoms with Gasteiger partial charge in [0.15, 0.2) is 5.96 Å². The quantitative estimate of drug-likeness (QED) is 0.346. The first-order valence-corrected chi connectivity index (χ1v) is 9.56. The Morgan fingerprint density at radius 2 is 1.92 bits per heavy atom. The fourth-order valence-electron chi connectivity index (χ4n) is 2.67. The molecule has 2 rings (SSSR count). The van der Waals surface area contributed by atoms with Crippen LogP contribution in [0.5, 0.6) is 5.75 Å². The van der Waals surface area contributed by atoms with Crippen molar-refractivity contribution in [2.24, 2.45) is 10.4 Å². The number of hydrogen-bond acceptors (Lipinski definition) is 3. The highest BCUT2D eigenvalue weighted by Gasteiger charge is 2.41. The van der Waals surface area contributed by atoms with E-state index in [1.807, 2.05) is 37.3 Å². The molecule has 1 aromatic carbocycles. The van der Waals surface area contributed by atoms with E-state index in [1.165, 1.54) is 12.8 Å². The number of nitrogens with one attached hydrogen (secondary N) is 2. The summed E-state index contributed by atoms with van der Waals surface area (Å²) in [6.07, 6.45) is 4.60. The van der Waals surface area contributed by atoms with E-state index >= 15 is 0 Å². The summed E-state index contributed by atoms with van der Waals surface area (Å²) in [4.78, 5) is 4.78. The molecular weight excluding hydrogens is 314 g/mol. The second-order valence-electron chi connectivity index (χ2n) is 6.58. The Morgan fingerprint density at radius 3 is 2.60 bits per heavy atom. The topological polar surface area (TPSA) is 54.9 Å². The Bertz CT molecular complexity index is 501. The highest BCUT2D eigenvalue weighted by molar-refractivity contribution is 5.79. The van der Waals surface area contributed by atoms with Gasteiger partial charge in [-0.2, -0.15) is 0 Å². The molecule has 0 spiro atoms. The molecule has 0 bridgehead atoms. The molecule has 5 nitrogen and oxygen atoms in total. The summed E-state index contributed by atoms with van der Waals surface area (Å²) >= 11 is 0. The molecule has 0 amide bonds. The summed E-state index contributed by atoms with van der Waals surface area (Å²) < 4.78 is 11.2. The first kappa shape index (κ1) is 19.6. The Kier molecular flexibility index (Phi) is 8.60. The van der Waals surface area contributed by atoms with Gasteiger partial charge in [0.1, 0.15) is 5.75 Å². The average Bonchev–Trinajstić information content (AvgIpc) is 3.40. The zero-order valence-corrected chi connectivity index (χ0v) is 15.7. The minimum atomic E-state index is 0.383. The van der Waals surface area contributed by atoms with Crippen LogP contribution in [0.25, 0.3) is 0 Å². The Hall–Kier alpha value is -1.75. The maximum Gasteiger partial charge on any atom is 0.191 e. The van der Waals surface area contributed by atoms with Crippen LogP contribution in [0.3, 0.4) is 0 Å². The molecule has 0 aliphatic heterocycles. The lowest BCUT2D eigenvalue weighted by Crippen LogP contribution is -2.38. The molecule has 0 unspecified atom stereocenters. The van der Waals surface area contributed by atoms with Crippen molar-refractivity contribution in [3.05, 3.63) is 30.3 Å². The maximum atomic E-state index is 5.71. The molecule has 2 N–H and O–H groups in total. The summed E-state index contributed by atoms with van der Waals surface area (Å²) in [5.41, 5.74) is 0.383. The molecule has 1 fully saturated rings. The summed E-state index contributed by atoms with van der Waals surface area (Å²) in [7, 11) is 0. The van der Waals surface area contributed by atoms with E-state index in [9.17, 15) is 0 Å². The number of benzene rings is 1. The molecule has 0 radical (unpaired) electrons. The van der Waals surface area contributed by atoms with Crippen LogP contribution in [-0.2, 0) is 4.74 Å². The summed E-state index contributed by atoms with van der Waals surface area (Å²) in [6, 6.07) is 9.94. The van der Waals surface area contributed by atoms with Gasteiger partial charge in [-0.25, -0.2) is 0 Å². The molecule has 1 aromatic rings. The molecule has 0 heterocycles. The van der Waals surface area contributed by atoms with Gasteiger partial charge in [0.05, 0.1) is 6.61 Å². The lowest BCUT2D eigenvalue weighted by molar-refractivity contribution is 0.129. The summed E-state index contributed by atoms with van der Waals surface area (Å²) in [6.45, 7) is 9.11. The third kappa shape index (κ3) is 7.78. The van der Waals surface area contributed by atoms with Crippen LogP contribution in [0.15, 0.2) is 35.3 Å². The zero-order chi connectivity index (χ0) is 17.8. The smallest absolute Gasteiger partial charge is 0.191 e. The Balaban J connectivity index is 1.65. The van der Waals surface area contributed by atoms with Gasteiger partial charge in [-0.1, -0.05) is 18.2 Å². The van der Waals surface area contributed by atoms with Crippen molar-refractivity contribution in [2.75, 3.05) is 39.5 Å². The molecule has 1 aliphatic rings. The van der Waals surface area contributed by atoms with Crippen LogP contribution in [0.2, 0.25) is 0 Å². The molecule has 0 saturated heterocycles. The van der Waals surface area contributed by atoms with Crippen LogP contribution in [0, 0.1) is 5.41 Å². The normalized spacial score (nSPS) is 15.7. The minimum Gasteiger partial charge on any atom is -0.494 e. The molecule has 0 aromatic heterocycles. The summed E-state index contributed by atoms with van der Waals surface area (Å²) in [5, 5.41) is 6.73. The number of ether oxygens (including phenoxy) is 2. The van der Waals surface area contributed by atoms with Crippen molar-refractivity contribution in [3.63, 3.8) is 0 Å². The number of hydrogen-bond donors (Lipinski definition) is 2. The van der Waals surface area contributed by atoms with Crippen molar-refractivity contribution in [1.29, 1.82) is 0 Å².